The number of benzene rings is 2. The van der Waals surface area contributed by atoms with Crippen LogP contribution >= 0.6 is 0 Å². The molecule has 5 rings (SSSR count). The van der Waals surface area contributed by atoms with Crippen LogP contribution in [-0.2, 0) is 16.6 Å². The molecule has 1 saturated heterocycles. The molecule has 0 bridgehead atoms. The van der Waals surface area contributed by atoms with Crippen molar-refractivity contribution in [3.63, 3.8) is 0 Å². The summed E-state index contributed by atoms with van der Waals surface area (Å²) in [5, 5.41) is 3.08. The monoisotopic (exact) mass is 539 g/mol. The summed E-state index contributed by atoms with van der Waals surface area (Å²) >= 11 is 0. The minimum Gasteiger partial charge on any atom is -0.338 e. The average molecular weight is 540 g/mol. The molecule has 2 aromatic rings. The first-order chi connectivity index (χ1) is 19.3. The fraction of sp³-hybridized carbons (Fsp3) is 0.486. The predicted octanol–water partition coefficient (Wildman–Crippen LogP) is 7.90. The molecular weight excluding hydrogens is 494 g/mol. The number of carbonyl (C=O) groups is 2. The minimum absolute atomic E-state index is 0.0437. The molecule has 0 aromatic heterocycles. The number of amides is 2. The molecule has 1 aliphatic carbocycles. The Morgan fingerprint density at radius 1 is 1.12 bits per heavy atom. The summed E-state index contributed by atoms with van der Waals surface area (Å²) in [5.41, 5.74) is 7.68. The van der Waals surface area contributed by atoms with Crippen molar-refractivity contribution in [2.45, 2.75) is 90.9 Å². The molecule has 1 unspecified atom stereocenters. The van der Waals surface area contributed by atoms with E-state index in [0.29, 0.717) is 22.9 Å². The van der Waals surface area contributed by atoms with Crippen LogP contribution in [0, 0.1) is 12.8 Å². The van der Waals surface area contributed by atoms with Gasteiger partial charge >= 0.3 is 0 Å². The third-order valence-electron chi connectivity index (χ3n) is 9.40. The third-order valence-corrected chi connectivity index (χ3v) is 9.40. The normalized spacial score (nSPS) is 21.4. The maximum Gasteiger partial charge on any atom is 0.272 e. The maximum absolute atomic E-state index is 14.1. The molecule has 3 aliphatic rings. The van der Waals surface area contributed by atoms with Crippen molar-refractivity contribution >= 4 is 23.2 Å². The number of nitrogens with one attached hydrogen (secondary N) is 1. The van der Waals surface area contributed by atoms with Crippen molar-refractivity contribution in [2.75, 3.05) is 23.3 Å². The molecule has 1 atom stereocenters. The van der Waals surface area contributed by atoms with Crippen molar-refractivity contribution in [1.82, 2.24) is 4.90 Å². The van der Waals surface area contributed by atoms with Crippen LogP contribution in [0.1, 0.15) is 99.2 Å². The van der Waals surface area contributed by atoms with Gasteiger partial charge in [0.05, 0.1) is 11.4 Å². The number of allylic oxidation sites excluding steroid dienone is 2. The van der Waals surface area contributed by atoms with Gasteiger partial charge in [0.25, 0.3) is 11.8 Å². The van der Waals surface area contributed by atoms with E-state index < -0.39 is 0 Å². The highest BCUT2D eigenvalue weighted by Gasteiger charge is 2.42. The lowest BCUT2D eigenvalue weighted by molar-refractivity contribution is -0.113. The van der Waals surface area contributed by atoms with E-state index >= 15 is 0 Å². The van der Waals surface area contributed by atoms with Crippen LogP contribution in [0.5, 0.6) is 0 Å². The lowest BCUT2D eigenvalue weighted by Gasteiger charge is -2.46. The standard InChI is InChI=1S/C35H45N3O2/c1-6-13-26(14-7-2)25(5)38-31(8-3)33(39)36-30-22-28(24(4)21-32(30)38)34(40)37-20-12-19-35(23-37)18-11-16-27-15-9-10-17-29(27)35/h8-10,15,17,21-22,26H,5-7,11-14,16,18-20,23H2,1-4H3,(H,36,39)/b31-8-. The molecule has 0 radical (unpaired) electrons. The highest BCUT2D eigenvalue weighted by atomic mass is 16.2. The lowest BCUT2D eigenvalue weighted by atomic mass is 9.66. The van der Waals surface area contributed by atoms with Gasteiger partial charge in [0.15, 0.2) is 0 Å². The summed E-state index contributed by atoms with van der Waals surface area (Å²) in [6.07, 6.45) is 11.6. The average Bonchev–Trinajstić information content (AvgIpc) is 2.96. The van der Waals surface area contributed by atoms with Crippen LogP contribution in [0.3, 0.4) is 0 Å². The van der Waals surface area contributed by atoms with Crippen molar-refractivity contribution in [1.29, 1.82) is 0 Å². The largest absolute Gasteiger partial charge is 0.338 e. The Bertz CT molecular complexity index is 1340. The highest BCUT2D eigenvalue weighted by Crippen LogP contribution is 2.45. The van der Waals surface area contributed by atoms with Crippen LogP contribution in [0.2, 0.25) is 0 Å². The van der Waals surface area contributed by atoms with Crippen LogP contribution in [0.15, 0.2) is 60.4 Å². The van der Waals surface area contributed by atoms with Gasteiger partial charge in [0.1, 0.15) is 5.70 Å². The molecule has 2 aromatic carbocycles. The maximum atomic E-state index is 14.1. The molecule has 1 spiro atoms. The number of nitrogens with zero attached hydrogens (tertiary/aromatic N) is 2. The van der Waals surface area contributed by atoms with E-state index in [0.717, 1.165) is 81.4 Å². The molecule has 40 heavy (non-hydrogen) atoms. The molecule has 1 fully saturated rings. The first-order valence-electron chi connectivity index (χ1n) is 15.3. The van der Waals surface area contributed by atoms with Gasteiger partial charge < -0.3 is 15.1 Å². The highest BCUT2D eigenvalue weighted by molar-refractivity contribution is 6.13. The van der Waals surface area contributed by atoms with Gasteiger partial charge in [0.2, 0.25) is 0 Å². The van der Waals surface area contributed by atoms with E-state index in [9.17, 15) is 9.59 Å². The first-order valence-corrected chi connectivity index (χ1v) is 15.3. The summed E-state index contributed by atoms with van der Waals surface area (Å²) in [7, 11) is 0. The quantitative estimate of drug-likeness (QED) is 0.364. The summed E-state index contributed by atoms with van der Waals surface area (Å²) in [6, 6.07) is 12.8. The smallest absolute Gasteiger partial charge is 0.272 e. The number of piperidine rings is 1. The van der Waals surface area contributed by atoms with E-state index in [2.05, 4.69) is 61.0 Å². The molecule has 0 saturated carbocycles. The molecule has 2 aliphatic heterocycles. The lowest BCUT2D eigenvalue weighted by Crippen LogP contribution is -2.50. The van der Waals surface area contributed by atoms with Crippen LogP contribution in [0.4, 0.5) is 11.4 Å². The number of likely N-dealkylation sites (tertiary alicyclic amines) is 1. The Morgan fingerprint density at radius 3 is 2.58 bits per heavy atom. The van der Waals surface area contributed by atoms with Crippen LogP contribution in [-0.4, -0.2) is 29.8 Å². The minimum atomic E-state index is -0.152. The van der Waals surface area contributed by atoms with Gasteiger partial charge in [-0.15, -0.1) is 0 Å². The third kappa shape index (κ3) is 5.00. The predicted molar refractivity (Wildman–Crippen MR) is 165 cm³/mol. The zero-order valence-corrected chi connectivity index (χ0v) is 24.8. The molecule has 5 heteroatoms. The number of hydrogen-bond acceptors (Lipinski definition) is 3. The Labute approximate surface area is 240 Å². The van der Waals surface area contributed by atoms with Crippen molar-refractivity contribution in [3.8, 4) is 0 Å². The Hall–Kier alpha value is -3.34. The summed E-state index contributed by atoms with van der Waals surface area (Å²) in [4.78, 5) is 31.5. The number of hydrogen-bond donors (Lipinski definition) is 1. The number of anilines is 2. The van der Waals surface area contributed by atoms with Crippen LogP contribution < -0.4 is 10.2 Å². The van der Waals surface area contributed by atoms with E-state index in [1.54, 1.807) is 0 Å². The molecule has 1 N–H and O–H groups in total. The second-order valence-electron chi connectivity index (χ2n) is 12.0. The number of fused-ring (bicyclic) bond motifs is 3. The van der Waals surface area contributed by atoms with Gasteiger partial charge in [-0.1, -0.05) is 63.6 Å². The number of rotatable bonds is 7. The molecular formula is C35H45N3O2. The SMILES string of the molecule is C=C(C(CCC)CCC)N1/C(=C\C)C(=O)Nc2cc(C(=O)N3CCCC4(CCCc5ccccc54)C3)c(C)cc21. The number of carbonyl (C=O) groups excluding carboxylic acids is 2. The second kappa shape index (κ2) is 11.6. The zero-order chi connectivity index (χ0) is 28.4. The first kappa shape index (κ1) is 28.2. The Kier molecular flexibility index (Phi) is 8.21. The molecule has 212 valence electrons. The fourth-order valence-corrected chi connectivity index (χ4v) is 7.46. The number of aryl methyl sites for hydroxylation is 2. The molecule has 2 heterocycles. The zero-order valence-electron chi connectivity index (χ0n) is 24.8. The summed E-state index contributed by atoms with van der Waals surface area (Å²) in [5.74, 6) is 0.211. The van der Waals surface area contributed by atoms with Gasteiger partial charge in [-0.2, -0.15) is 0 Å². The van der Waals surface area contributed by atoms with Crippen molar-refractivity contribution in [2.24, 2.45) is 5.92 Å². The van der Waals surface area contributed by atoms with E-state index in [-0.39, 0.29) is 17.2 Å². The van der Waals surface area contributed by atoms with E-state index in [4.69, 9.17) is 0 Å². The van der Waals surface area contributed by atoms with E-state index in [1.807, 2.05) is 30.9 Å². The molecule has 5 nitrogen and oxygen atoms in total. The van der Waals surface area contributed by atoms with Gasteiger partial charge in [0, 0.05) is 29.8 Å². The van der Waals surface area contributed by atoms with E-state index in [1.165, 1.54) is 17.5 Å². The van der Waals surface area contributed by atoms with Crippen molar-refractivity contribution in [3.05, 3.63) is 82.7 Å². The Morgan fingerprint density at radius 2 is 1.85 bits per heavy atom. The van der Waals surface area contributed by atoms with Gasteiger partial charge in [-0.05, 0) is 93.5 Å². The van der Waals surface area contributed by atoms with Gasteiger partial charge in [-0.3, -0.25) is 9.59 Å². The summed E-state index contributed by atoms with van der Waals surface area (Å²) < 4.78 is 0. The second-order valence-corrected chi connectivity index (χ2v) is 12.0. The molecule has 2 amide bonds. The fourth-order valence-electron chi connectivity index (χ4n) is 7.46. The van der Waals surface area contributed by atoms with Gasteiger partial charge in [-0.25, -0.2) is 0 Å². The van der Waals surface area contributed by atoms with Crippen molar-refractivity contribution < 1.29 is 9.59 Å². The topological polar surface area (TPSA) is 52.7 Å². The van der Waals surface area contributed by atoms with Crippen LogP contribution in [0.25, 0.3) is 0 Å². The summed E-state index contributed by atoms with van der Waals surface area (Å²) in [6.45, 7) is 14.3. The Balaban J connectivity index is 1.48.